The Balaban J connectivity index is -0.000000308. The molecule has 0 aliphatic rings. The van der Waals surface area contributed by atoms with Crippen LogP contribution in [0.25, 0.3) is 0 Å². The summed E-state index contributed by atoms with van der Waals surface area (Å²) in [6.07, 6.45) is 2.91. The van der Waals surface area contributed by atoms with Crippen molar-refractivity contribution >= 4 is 23.9 Å². The van der Waals surface area contributed by atoms with Crippen LogP contribution in [0.2, 0.25) is 0 Å². The fourth-order valence-corrected chi connectivity index (χ4v) is 3.07. The average molecular weight is 800 g/mol. The molecule has 3 aromatic carbocycles. The molecule has 0 saturated carbocycles. The lowest BCUT2D eigenvalue weighted by atomic mass is 10.2. The van der Waals surface area contributed by atoms with Crippen molar-refractivity contribution < 1.29 is 52.3 Å². The summed E-state index contributed by atoms with van der Waals surface area (Å²) in [5.74, 6) is -0.959. The first-order valence-electron chi connectivity index (χ1n) is 19.3. The largest absolute Gasteiger partial charge is 0.463 e. The molecule has 12 heteroatoms. The molecule has 0 aromatic heterocycles. The van der Waals surface area contributed by atoms with E-state index in [0.717, 1.165) is 0 Å². The van der Waals surface area contributed by atoms with Gasteiger partial charge in [0.1, 0.15) is 26.4 Å². The van der Waals surface area contributed by atoms with Gasteiger partial charge in [0.2, 0.25) is 0 Å². The van der Waals surface area contributed by atoms with Crippen molar-refractivity contribution in [2.45, 2.75) is 88.0 Å². The molecule has 0 aliphatic carbocycles. The summed E-state index contributed by atoms with van der Waals surface area (Å²) >= 11 is 0. The Kier molecular flexibility index (Phi) is 50.0. The molecule has 0 aliphatic heterocycles. The van der Waals surface area contributed by atoms with Crippen molar-refractivity contribution in [2.75, 3.05) is 60.0 Å². The third-order valence-electron chi connectivity index (χ3n) is 6.03. The molecular weight excluding hydrogens is 730 g/mol. The van der Waals surface area contributed by atoms with Gasteiger partial charge in [0, 0.05) is 25.7 Å². The minimum atomic E-state index is -0.240. The van der Waals surface area contributed by atoms with Crippen molar-refractivity contribution in [3.05, 3.63) is 108 Å². The zero-order valence-corrected chi connectivity index (χ0v) is 36.1. The van der Waals surface area contributed by atoms with E-state index in [0.29, 0.717) is 52.1 Å². The zero-order chi connectivity index (χ0) is 43.8. The van der Waals surface area contributed by atoms with Crippen LogP contribution in [0.15, 0.2) is 91.0 Å². The molecule has 57 heavy (non-hydrogen) atoms. The summed E-state index contributed by atoms with van der Waals surface area (Å²) in [4.78, 5) is 42.7. The first-order chi connectivity index (χ1) is 27.5. The Hall–Kier alpha value is -5.25. The molecule has 12 nitrogen and oxygen atoms in total. The van der Waals surface area contributed by atoms with Crippen LogP contribution in [0, 0.1) is 32.3 Å². The second-order valence-corrected chi connectivity index (χ2v) is 10.8. The molecule has 0 amide bonds. The van der Waals surface area contributed by atoms with Crippen LogP contribution >= 0.6 is 0 Å². The number of hydrogen-bond acceptors (Lipinski definition) is 12. The second kappa shape index (κ2) is 48.8. The molecule has 0 saturated heterocycles. The number of benzene rings is 3. The molecule has 3 rings (SSSR count). The number of rotatable bonds is 16. The van der Waals surface area contributed by atoms with Gasteiger partial charge in [-0.15, -0.1) is 0 Å². The van der Waals surface area contributed by atoms with Gasteiger partial charge in [-0.05, 0) is 20.8 Å². The fourth-order valence-electron chi connectivity index (χ4n) is 3.07. The monoisotopic (exact) mass is 799 g/mol. The van der Waals surface area contributed by atoms with Crippen molar-refractivity contribution in [3.63, 3.8) is 0 Å². The first kappa shape index (κ1) is 58.5. The Labute approximate surface area is 342 Å². The molecule has 0 atom stereocenters. The summed E-state index contributed by atoms with van der Waals surface area (Å²) in [6.45, 7) is 19.5. The lowest BCUT2D eigenvalue weighted by molar-refractivity contribution is -0.148. The van der Waals surface area contributed by atoms with Crippen LogP contribution in [-0.4, -0.2) is 83.8 Å². The minimum absolute atomic E-state index is 0.240. The van der Waals surface area contributed by atoms with Gasteiger partial charge >= 0.3 is 23.9 Å². The van der Waals surface area contributed by atoms with E-state index in [4.69, 9.17) is 33.7 Å². The maximum atomic E-state index is 10.7. The Morgan fingerprint density at radius 1 is 0.439 bits per heavy atom. The van der Waals surface area contributed by atoms with Gasteiger partial charge in [-0.2, -0.15) is 5.26 Å². The smallest absolute Gasteiger partial charge is 0.305 e. The van der Waals surface area contributed by atoms with Crippen molar-refractivity contribution in [1.82, 2.24) is 0 Å². The first-order valence-corrected chi connectivity index (χ1v) is 19.3. The van der Waals surface area contributed by atoms with Gasteiger partial charge in [-0.3, -0.25) is 19.2 Å². The number of carbonyl (C=O) groups excluding carboxylic acids is 4. The number of methoxy groups -OCH3 is 1. The molecule has 0 bridgehead atoms. The van der Waals surface area contributed by atoms with Crippen molar-refractivity contribution in [2.24, 2.45) is 0 Å². The number of ether oxygens (including phenoxy) is 7. The molecule has 0 heterocycles. The topological polar surface area (TPSA) is 157 Å². The summed E-state index contributed by atoms with van der Waals surface area (Å²) in [7, 11) is 1.32. The lowest BCUT2D eigenvalue weighted by Crippen LogP contribution is -2.13. The number of carbonyl (C=O) groups is 4. The maximum absolute atomic E-state index is 10.7. The summed E-state index contributed by atoms with van der Waals surface area (Å²) < 4.78 is 33.1. The fraction of sp³-hybridized carbons (Fsp3) is 0.489. The highest BCUT2D eigenvalue weighted by molar-refractivity contribution is 5.69. The summed E-state index contributed by atoms with van der Waals surface area (Å²) in [5.41, 5.74) is 3.97. The number of esters is 4. The average Bonchev–Trinajstić information content (AvgIpc) is 3.25. The van der Waals surface area contributed by atoms with Gasteiger partial charge in [-0.25, -0.2) is 0 Å². The minimum Gasteiger partial charge on any atom is -0.463 e. The van der Waals surface area contributed by atoms with E-state index in [9.17, 15) is 19.2 Å². The van der Waals surface area contributed by atoms with E-state index >= 15 is 0 Å². The predicted molar refractivity (Wildman–Crippen MR) is 224 cm³/mol. The van der Waals surface area contributed by atoms with Crippen LogP contribution < -0.4 is 0 Å². The summed E-state index contributed by atoms with van der Waals surface area (Å²) in [6, 6.07) is 30.8. The molecular formula is C45H69NO11. The molecule has 0 radical (unpaired) electrons. The molecule has 0 N–H and O–H groups in total. The highest BCUT2D eigenvalue weighted by Gasteiger charge is 2.00. The van der Waals surface area contributed by atoms with Crippen molar-refractivity contribution in [3.8, 4) is 6.26 Å². The standard InChI is InChI=1S/2C10H18O5.3C7H8.C2H3NO.C2H6/c2*1-3-9(11)14-7-5-13-6-8-15-10(12)4-2;3*1-7-5-3-2-4-6-7;1-4-2-3;1-2/h2*3-8H2,1-2H3;3*2-6H,1H3;1H3;1-2H3. The van der Waals surface area contributed by atoms with E-state index in [1.807, 2.05) is 68.4 Å². The van der Waals surface area contributed by atoms with Crippen molar-refractivity contribution in [1.29, 1.82) is 5.26 Å². The second-order valence-electron chi connectivity index (χ2n) is 10.8. The molecule has 0 fully saturated rings. The zero-order valence-electron chi connectivity index (χ0n) is 36.1. The maximum Gasteiger partial charge on any atom is 0.305 e. The molecule has 3 aromatic rings. The third kappa shape index (κ3) is 52.9. The Morgan fingerprint density at radius 3 is 0.754 bits per heavy atom. The van der Waals surface area contributed by atoms with Gasteiger partial charge in [-0.1, -0.05) is 149 Å². The van der Waals surface area contributed by atoms with Gasteiger partial charge in [0.25, 0.3) is 6.26 Å². The van der Waals surface area contributed by atoms with Gasteiger partial charge < -0.3 is 33.2 Å². The SMILES string of the molecule is CC.CCC(=O)OCCOCCOC(=O)CC.CCC(=O)OCCOCCOC(=O)CC.COC#N.Cc1ccccc1.Cc1ccccc1.Cc1ccccc1. The Bertz CT molecular complexity index is 1180. The molecule has 0 spiro atoms. The molecule has 320 valence electrons. The van der Waals surface area contributed by atoms with Crippen LogP contribution in [0.1, 0.15) is 83.9 Å². The number of hydrogen-bond donors (Lipinski definition) is 0. The lowest BCUT2D eigenvalue weighted by Gasteiger charge is -2.05. The van der Waals surface area contributed by atoms with Gasteiger partial charge in [0.05, 0.1) is 33.5 Å². The van der Waals surface area contributed by atoms with E-state index < -0.39 is 0 Å². The summed E-state index contributed by atoms with van der Waals surface area (Å²) in [5, 5.41) is 7.40. The highest BCUT2D eigenvalue weighted by Crippen LogP contribution is 1.94. The normalized spacial score (nSPS) is 8.72. The van der Waals surface area contributed by atoms with Crippen LogP contribution in [0.3, 0.4) is 0 Å². The number of nitrogens with zero attached hydrogens (tertiary/aromatic N) is 1. The molecule has 0 unspecified atom stereocenters. The van der Waals surface area contributed by atoms with Crippen LogP contribution in [0.4, 0.5) is 0 Å². The van der Waals surface area contributed by atoms with E-state index in [2.05, 4.69) is 61.9 Å². The predicted octanol–water partition coefficient (Wildman–Crippen LogP) is 8.94. The quantitative estimate of drug-likeness (QED) is 0.0587. The highest BCUT2D eigenvalue weighted by atomic mass is 16.6. The third-order valence-corrected chi connectivity index (χ3v) is 6.03. The number of aryl methyl sites for hydroxylation is 3. The van der Waals surface area contributed by atoms with E-state index in [1.165, 1.54) is 30.1 Å². The van der Waals surface area contributed by atoms with Crippen LogP contribution in [0.5, 0.6) is 0 Å². The van der Waals surface area contributed by atoms with E-state index in [1.54, 1.807) is 27.7 Å². The van der Waals surface area contributed by atoms with Crippen LogP contribution in [-0.2, 0) is 52.3 Å². The Morgan fingerprint density at radius 2 is 0.632 bits per heavy atom. The number of nitriles is 1. The van der Waals surface area contributed by atoms with E-state index in [-0.39, 0.29) is 50.3 Å². The van der Waals surface area contributed by atoms with Gasteiger partial charge in [0.15, 0.2) is 0 Å².